The molecule has 0 bridgehead atoms. The smallest absolute Gasteiger partial charge is 0.260 e. The molecular weight excluding hydrogens is 422 g/mol. The Hall–Kier alpha value is -2.71. The molecule has 0 aliphatic carbocycles. The van der Waals surface area contributed by atoms with Crippen molar-refractivity contribution in [3.05, 3.63) is 64.7 Å². The van der Waals surface area contributed by atoms with E-state index in [1.807, 2.05) is 31.2 Å². The van der Waals surface area contributed by atoms with Crippen LogP contribution in [0.5, 0.6) is 0 Å². The highest BCUT2D eigenvalue weighted by atomic mass is 35.5. The number of benzene rings is 2. The second-order valence-corrected chi connectivity index (χ2v) is 8.72. The Morgan fingerprint density at radius 1 is 1.10 bits per heavy atom. The summed E-state index contributed by atoms with van der Waals surface area (Å²) in [6.07, 6.45) is 2.28. The van der Waals surface area contributed by atoms with Crippen LogP contribution in [0.2, 0.25) is 5.02 Å². The average molecular weight is 442 g/mol. The maximum atomic E-state index is 13.2. The van der Waals surface area contributed by atoms with Gasteiger partial charge in [0.15, 0.2) is 0 Å². The molecule has 1 aliphatic rings. The van der Waals surface area contributed by atoms with Gasteiger partial charge in [0.1, 0.15) is 0 Å². The first-order valence-corrected chi connectivity index (χ1v) is 10.9. The molecule has 4 rings (SSSR count). The lowest BCUT2D eigenvalue weighted by Gasteiger charge is -2.22. The number of likely N-dealkylation sites (tertiary alicyclic amines) is 1. The number of halogens is 1. The van der Waals surface area contributed by atoms with Gasteiger partial charge >= 0.3 is 0 Å². The van der Waals surface area contributed by atoms with E-state index in [9.17, 15) is 9.59 Å². The number of tetrazole rings is 1. The number of carbonyl (C=O) groups excluding carboxylic acids is 2. The van der Waals surface area contributed by atoms with Crippen LogP contribution < -0.4 is 0 Å². The van der Waals surface area contributed by atoms with Crippen LogP contribution in [0.1, 0.15) is 35.2 Å². The molecule has 1 aliphatic heterocycles. The fourth-order valence-corrected chi connectivity index (χ4v) is 4.51. The van der Waals surface area contributed by atoms with Gasteiger partial charge < -0.3 is 0 Å². The number of aryl methyl sites for hydroxylation is 1. The first-order valence-electron chi connectivity index (χ1n) is 9.66. The van der Waals surface area contributed by atoms with Gasteiger partial charge in [-0.25, -0.2) is 0 Å². The van der Waals surface area contributed by atoms with Gasteiger partial charge in [-0.3, -0.25) is 14.5 Å². The number of imide groups is 1. The van der Waals surface area contributed by atoms with Crippen LogP contribution in [0.4, 0.5) is 0 Å². The largest absolute Gasteiger partial charge is 0.278 e. The van der Waals surface area contributed by atoms with Crippen molar-refractivity contribution in [1.29, 1.82) is 0 Å². The van der Waals surface area contributed by atoms with E-state index in [1.165, 1.54) is 16.7 Å². The molecule has 0 saturated carbocycles. The summed E-state index contributed by atoms with van der Waals surface area (Å²) in [5.74, 6) is -0.516. The molecule has 2 heterocycles. The fraction of sp³-hybridized carbons (Fsp3) is 0.286. The molecule has 7 nitrogen and oxygen atoms in total. The van der Waals surface area contributed by atoms with E-state index in [0.717, 1.165) is 24.1 Å². The Balaban J connectivity index is 1.55. The molecule has 154 valence electrons. The van der Waals surface area contributed by atoms with Gasteiger partial charge in [-0.2, -0.15) is 4.68 Å². The van der Waals surface area contributed by atoms with Crippen molar-refractivity contribution in [2.24, 2.45) is 0 Å². The van der Waals surface area contributed by atoms with Gasteiger partial charge in [0.05, 0.1) is 10.9 Å². The number of rotatable bonds is 4. The summed E-state index contributed by atoms with van der Waals surface area (Å²) in [6.45, 7) is 2.41. The highest BCUT2D eigenvalue weighted by Gasteiger charge is 2.33. The second-order valence-electron chi connectivity index (χ2n) is 7.11. The van der Waals surface area contributed by atoms with Crippen LogP contribution in [-0.2, 0) is 4.79 Å². The summed E-state index contributed by atoms with van der Waals surface area (Å²) >= 11 is 7.22. The minimum atomic E-state index is -0.432. The predicted octanol–water partition coefficient (Wildman–Crippen LogP) is 3.94. The maximum Gasteiger partial charge on any atom is 0.260 e. The van der Waals surface area contributed by atoms with Gasteiger partial charge in [-0.15, -0.1) is 5.10 Å². The van der Waals surface area contributed by atoms with Crippen LogP contribution in [0, 0.1) is 6.92 Å². The molecule has 9 heteroatoms. The van der Waals surface area contributed by atoms with E-state index in [2.05, 4.69) is 15.5 Å². The summed E-state index contributed by atoms with van der Waals surface area (Å²) in [6, 6.07) is 14.4. The van der Waals surface area contributed by atoms with Crippen LogP contribution in [0.3, 0.4) is 0 Å². The normalized spacial score (nSPS) is 17.1. The quantitative estimate of drug-likeness (QED) is 0.570. The van der Waals surface area contributed by atoms with E-state index in [4.69, 9.17) is 11.6 Å². The lowest BCUT2D eigenvalue weighted by molar-refractivity contribution is -0.127. The number of hydrogen-bond acceptors (Lipinski definition) is 6. The number of nitrogens with zero attached hydrogens (tertiary/aromatic N) is 5. The van der Waals surface area contributed by atoms with Gasteiger partial charge in [-0.1, -0.05) is 47.5 Å². The zero-order chi connectivity index (χ0) is 21.1. The van der Waals surface area contributed by atoms with Gasteiger partial charge in [0.2, 0.25) is 11.1 Å². The molecule has 0 N–H and O–H groups in total. The minimum Gasteiger partial charge on any atom is -0.278 e. The zero-order valence-electron chi connectivity index (χ0n) is 16.4. The number of aromatic nitrogens is 4. The fourth-order valence-electron chi connectivity index (χ4n) is 3.29. The van der Waals surface area contributed by atoms with Crippen LogP contribution in [-0.4, -0.2) is 48.7 Å². The molecule has 1 fully saturated rings. The summed E-state index contributed by atoms with van der Waals surface area (Å²) in [7, 11) is 0. The summed E-state index contributed by atoms with van der Waals surface area (Å²) in [5, 5.41) is 12.6. The van der Waals surface area contributed by atoms with E-state index in [-0.39, 0.29) is 11.8 Å². The number of thioether (sulfide) groups is 1. The van der Waals surface area contributed by atoms with E-state index < -0.39 is 5.25 Å². The summed E-state index contributed by atoms with van der Waals surface area (Å²) in [5.41, 5.74) is 2.41. The molecule has 0 radical (unpaired) electrons. The van der Waals surface area contributed by atoms with Gasteiger partial charge in [0.25, 0.3) is 5.91 Å². The summed E-state index contributed by atoms with van der Waals surface area (Å²) in [4.78, 5) is 27.5. The van der Waals surface area contributed by atoms with Crippen molar-refractivity contribution < 1.29 is 9.59 Å². The molecule has 2 aromatic carbocycles. The van der Waals surface area contributed by atoms with E-state index in [1.54, 1.807) is 28.9 Å². The Kier molecular flexibility index (Phi) is 6.15. The van der Waals surface area contributed by atoms with Gasteiger partial charge in [-0.05, 0) is 66.6 Å². The third-order valence-electron chi connectivity index (χ3n) is 4.94. The molecule has 1 atom stereocenters. The van der Waals surface area contributed by atoms with Crippen LogP contribution in [0.15, 0.2) is 53.7 Å². The molecule has 3 aromatic rings. The molecule has 2 amide bonds. The van der Waals surface area contributed by atoms with Crippen molar-refractivity contribution in [3.63, 3.8) is 0 Å². The third-order valence-corrected chi connectivity index (χ3v) is 6.38. The zero-order valence-corrected chi connectivity index (χ0v) is 17.9. The van der Waals surface area contributed by atoms with Crippen molar-refractivity contribution >= 4 is 35.2 Å². The predicted molar refractivity (Wildman–Crippen MR) is 115 cm³/mol. The first-order chi connectivity index (χ1) is 14.5. The lowest BCUT2D eigenvalue weighted by Crippen LogP contribution is -2.41. The Bertz CT molecular complexity index is 1050. The van der Waals surface area contributed by atoms with Crippen molar-refractivity contribution in [2.75, 3.05) is 6.54 Å². The molecule has 30 heavy (non-hydrogen) atoms. The molecule has 0 unspecified atom stereocenters. The monoisotopic (exact) mass is 441 g/mol. The first kappa shape index (κ1) is 20.6. The Morgan fingerprint density at radius 2 is 1.83 bits per heavy atom. The molecule has 1 aromatic heterocycles. The molecule has 1 saturated heterocycles. The number of carbonyl (C=O) groups is 2. The van der Waals surface area contributed by atoms with Gasteiger partial charge in [0, 0.05) is 17.1 Å². The van der Waals surface area contributed by atoms with Crippen LogP contribution >= 0.6 is 23.4 Å². The topological polar surface area (TPSA) is 81.0 Å². The second kappa shape index (κ2) is 8.97. The maximum absolute atomic E-state index is 13.2. The third kappa shape index (κ3) is 4.39. The molecular formula is C21H20ClN5O2S. The van der Waals surface area contributed by atoms with Crippen LogP contribution in [0.25, 0.3) is 5.69 Å². The van der Waals surface area contributed by atoms with Crippen molar-refractivity contribution in [2.45, 2.75) is 36.6 Å². The summed E-state index contributed by atoms with van der Waals surface area (Å²) < 4.78 is 1.62. The highest BCUT2D eigenvalue weighted by molar-refractivity contribution is 8.00. The highest BCUT2D eigenvalue weighted by Crippen LogP contribution is 2.30. The van der Waals surface area contributed by atoms with E-state index >= 15 is 0 Å². The number of amides is 2. The van der Waals surface area contributed by atoms with Crippen molar-refractivity contribution in [1.82, 2.24) is 25.1 Å². The Morgan fingerprint density at radius 3 is 2.57 bits per heavy atom. The molecule has 0 spiro atoms. The number of hydrogen-bond donors (Lipinski definition) is 0. The SMILES string of the molecule is Cc1ccc(-n2nnnc2S[C@H]2CCCCN(C(=O)c3ccc(Cl)cc3)C2=O)cc1. The lowest BCUT2D eigenvalue weighted by atomic mass is 10.2. The average Bonchev–Trinajstić information content (AvgIpc) is 3.13. The standard InChI is InChI=1S/C21H20ClN5O2S/c1-14-5-11-17(12-6-14)27-21(23-24-25-27)30-18-4-2-3-13-26(20(18)29)19(28)15-7-9-16(22)10-8-15/h5-12,18H,2-4,13H2,1H3/t18-/m0/s1. The Labute approximate surface area is 183 Å². The van der Waals surface area contributed by atoms with Crippen molar-refractivity contribution in [3.8, 4) is 5.69 Å². The minimum absolute atomic E-state index is 0.212. The van der Waals surface area contributed by atoms with E-state index in [0.29, 0.717) is 28.7 Å².